The van der Waals surface area contributed by atoms with Gasteiger partial charge >= 0.3 is 6.43 Å². The molecule has 0 spiro atoms. The van der Waals surface area contributed by atoms with Crippen molar-refractivity contribution in [3.8, 4) is 0 Å². The standard InChI is InChI=1S/C11H16ClF2NO2/c12-6-8(16)11(4-2-1-3-5-11)7-15-10(17)9(13)14/h9H,1-7H2,(H,15,17). The molecule has 0 bridgehead atoms. The van der Waals surface area contributed by atoms with Crippen molar-refractivity contribution in [2.24, 2.45) is 5.41 Å². The van der Waals surface area contributed by atoms with Crippen LogP contribution in [0.2, 0.25) is 0 Å². The van der Waals surface area contributed by atoms with Gasteiger partial charge in [0.15, 0.2) is 5.78 Å². The van der Waals surface area contributed by atoms with Crippen LogP contribution in [-0.4, -0.2) is 30.5 Å². The van der Waals surface area contributed by atoms with Crippen LogP contribution in [0.15, 0.2) is 0 Å². The lowest BCUT2D eigenvalue weighted by Gasteiger charge is -2.35. The number of hydrogen-bond acceptors (Lipinski definition) is 2. The third-order valence-corrected chi connectivity index (χ3v) is 3.57. The van der Waals surface area contributed by atoms with Gasteiger partial charge in [-0.3, -0.25) is 9.59 Å². The second-order valence-corrected chi connectivity index (χ2v) is 4.68. The van der Waals surface area contributed by atoms with Gasteiger partial charge in [0.25, 0.3) is 5.91 Å². The van der Waals surface area contributed by atoms with E-state index >= 15 is 0 Å². The van der Waals surface area contributed by atoms with Gasteiger partial charge in [0.1, 0.15) is 0 Å². The molecule has 1 rings (SSSR count). The van der Waals surface area contributed by atoms with Gasteiger partial charge in [-0.15, -0.1) is 11.6 Å². The van der Waals surface area contributed by atoms with Gasteiger partial charge in [-0.05, 0) is 12.8 Å². The van der Waals surface area contributed by atoms with E-state index in [0.717, 1.165) is 19.3 Å². The van der Waals surface area contributed by atoms with Gasteiger partial charge in [-0.2, -0.15) is 8.78 Å². The van der Waals surface area contributed by atoms with Crippen LogP contribution in [0.3, 0.4) is 0 Å². The quantitative estimate of drug-likeness (QED) is 0.776. The Morgan fingerprint density at radius 3 is 2.29 bits per heavy atom. The van der Waals surface area contributed by atoms with E-state index in [1.54, 1.807) is 0 Å². The zero-order chi connectivity index (χ0) is 12.9. The van der Waals surface area contributed by atoms with Crippen molar-refractivity contribution < 1.29 is 18.4 Å². The molecule has 3 nitrogen and oxygen atoms in total. The first-order chi connectivity index (χ1) is 8.02. The predicted molar refractivity (Wildman–Crippen MR) is 60.3 cm³/mol. The Morgan fingerprint density at radius 1 is 1.24 bits per heavy atom. The first kappa shape index (κ1) is 14.4. The van der Waals surface area contributed by atoms with E-state index in [0.29, 0.717) is 12.8 Å². The van der Waals surface area contributed by atoms with Crippen molar-refractivity contribution >= 4 is 23.3 Å². The number of nitrogens with one attached hydrogen (secondary N) is 1. The van der Waals surface area contributed by atoms with Crippen LogP contribution in [0.5, 0.6) is 0 Å². The molecule has 0 aromatic rings. The van der Waals surface area contributed by atoms with Gasteiger partial charge < -0.3 is 5.32 Å². The summed E-state index contributed by atoms with van der Waals surface area (Å²) in [5.74, 6) is -1.62. The normalized spacial score (nSPS) is 19.1. The fourth-order valence-electron chi connectivity index (χ4n) is 2.26. The van der Waals surface area contributed by atoms with E-state index in [1.807, 2.05) is 0 Å². The third kappa shape index (κ3) is 3.63. The molecule has 0 unspecified atom stereocenters. The summed E-state index contributed by atoms with van der Waals surface area (Å²) in [6.45, 7) is -0.0261. The van der Waals surface area contributed by atoms with Gasteiger partial charge in [-0.25, -0.2) is 0 Å². The summed E-state index contributed by atoms with van der Waals surface area (Å²) >= 11 is 5.54. The molecule has 1 aliphatic carbocycles. The summed E-state index contributed by atoms with van der Waals surface area (Å²) in [4.78, 5) is 22.6. The highest BCUT2D eigenvalue weighted by atomic mass is 35.5. The number of ketones is 1. The van der Waals surface area contributed by atoms with E-state index in [1.165, 1.54) is 0 Å². The smallest absolute Gasteiger partial charge is 0.315 e. The van der Waals surface area contributed by atoms with Gasteiger partial charge in [-0.1, -0.05) is 19.3 Å². The van der Waals surface area contributed by atoms with Gasteiger partial charge in [0, 0.05) is 12.0 Å². The summed E-state index contributed by atoms with van der Waals surface area (Å²) < 4.78 is 24.1. The zero-order valence-corrected chi connectivity index (χ0v) is 10.2. The van der Waals surface area contributed by atoms with E-state index in [-0.39, 0.29) is 18.2 Å². The molecule has 0 atom stereocenters. The van der Waals surface area contributed by atoms with Crippen LogP contribution in [0.1, 0.15) is 32.1 Å². The second-order valence-electron chi connectivity index (χ2n) is 4.42. The molecule has 1 aliphatic rings. The predicted octanol–water partition coefficient (Wildman–Crippen LogP) is 2.13. The molecule has 0 aromatic carbocycles. The van der Waals surface area contributed by atoms with Gasteiger partial charge in [0.05, 0.1) is 5.88 Å². The van der Waals surface area contributed by atoms with Crippen molar-refractivity contribution in [1.82, 2.24) is 5.32 Å². The Kier molecular flexibility index (Phi) is 5.31. The Labute approximate surface area is 104 Å². The molecule has 1 N–H and O–H groups in total. The summed E-state index contributed by atoms with van der Waals surface area (Å²) in [5.41, 5.74) is -0.732. The molecule has 1 saturated carbocycles. The number of carbonyl (C=O) groups excluding carboxylic acids is 2. The maximum Gasteiger partial charge on any atom is 0.315 e. The van der Waals surface area contributed by atoms with Crippen LogP contribution in [0, 0.1) is 5.41 Å². The Bertz CT molecular complexity index is 291. The maximum atomic E-state index is 12.1. The number of alkyl halides is 3. The molecule has 6 heteroatoms. The number of Topliss-reactive ketones (excluding diaryl/α,β-unsaturated/α-hetero) is 1. The molecule has 0 aliphatic heterocycles. The van der Waals surface area contributed by atoms with E-state index in [4.69, 9.17) is 11.6 Å². The van der Waals surface area contributed by atoms with Crippen LogP contribution >= 0.6 is 11.6 Å². The number of halogens is 3. The van der Waals surface area contributed by atoms with E-state index in [2.05, 4.69) is 5.32 Å². The number of amides is 1. The highest BCUT2D eigenvalue weighted by molar-refractivity contribution is 6.28. The Hall–Kier alpha value is -0.710. The number of rotatable bonds is 5. The van der Waals surface area contributed by atoms with Crippen molar-refractivity contribution in [2.45, 2.75) is 38.5 Å². The fraction of sp³-hybridized carbons (Fsp3) is 0.818. The Balaban J connectivity index is 2.64. The Morgan fingerprint density at radius 2 is 1.82 bits per heavy atom. The minimum atomic E-state index is -3.04. The maximum absolute atomic E-state index is 12.1. The summed E-state index contributed by atoms with van der Waals surface area (Å²) in [7, 11) is 0. The van der Waals surface area contributed by atoms with Crippen molar-refractivity contribution in [3.63, 3.8) is 0 Å². The molecule has 0 aromatic heterocycles. The van der Waals surface area contributed by atoms with Crippen LogP contribution < -0.4 is 5.32 Å². The monoisotopic (exact) mass is 267 g/mol. The van der Waals surface area contributed by atoms with E-state index in [9.17, 15) is 18.4 Å². The lowest BCUT2D eigenvalue weighted by molar-refractivity contribution is -0.134. The van der Waals surface area contributed by atoms with E-state index < -0.39 is 17.7 Å². The lowest BCUT2D eigenvalue weighted by Crippen LogP contribution is -2.46. The van der Waals surface area contributed by atoms with Crippen LogP contribution in [0.25, 0.3) is 0 Å². The fourth-order valence-corrected chi connectivity index (χ4v) is 2.54. The van der Waals surface area contributed by atoms with Crippen LogP contribution in [0.4, 0.5) is 8.78 Å². The highest BCUT2D eigenvalue weighted by Crippen LogP contribution is 2.37. The molecule has 98 valence electrons. The number of carbonyl (C=O) groups is 2. The summed E-state index contributed by atoms with van der Waals surface area (Å²) in [5, 5.41) is 2.14. The minimum Gasteiger partial charge on any atom is -0.350 e. The van der Waals surface area contributed by atoms with Crippen molar-refractivity contribution in [2.75, 3.05) is 12.4 Å². The highest BCUT2D eigenvalue weighted by Gasteiger charge is 2.39. The topological polar surface area (TPSA) is 46.2 Å². The first-order valence-electron chi connectivity index (χ1n) is 5.67. The molecule has 0 saturated heterocycles. The average Bonchev–Trinajstić information content (AvgIpc) is 2.35. The second kappa shape index (κ2) is 6.28. The zero-order valence-electron chi connectivity index (χ0n) is 9.48. The molecular formula is C11H16ClF2NO2. The minimum absolute atomic E-state index is 0.0261. The largest absolute Gasteiger partial charge is 0.350 e. The summed E-state index contributed by atoms with van der Waals surface area (Å²) in [6.07, 6.45) is 0.951. The molecular weight excluding hydrogens is 252 g/mol. The van der Waals surface area contributed by atoms with Crippen LogP contribution in [-0.2, 0) is 9.59 Å². The molecule has 0 radical (unpaired) electrons. The third-order valence-electron chi connectivity index (χ3n) is 3.32. The molecule has 1 amide bonds. The van der Waals surface area contributed by atoms with Gasteiger partial charge in [0.2, 0.25) is 0 Å². The summed E-state index contributed by atoms with van der Waals surface area (Å²) in [6, 6.07) is 0. The van der Waals surface area contributed by atoms with Crippen molar-refractivity contribution in [1.29, 1.82) is 0 Å². The molecule has 0 heterocycles. The first-order valence-corrected chi connectivity index (χ1v) is 6.20. The number of hydrogen-bond donors (Lipinski definition) is 1. The molecule has 1 fully saturated rings. The molecule has 17 heavy (non-hydrogen) atoms. The lowest BCUT2D eigenvalue weighted by atomic mass is 9.71. The van der Waals surface area contributed by atoms with Crippen molar-refractivity contribution in [3.05, 3.63) is 0 Å². The average molecular weight is 268 g/mol. The SMILES string of the molecule is O=C(NCC1(C(=O)CCl)CCCCC1)C(F)F.